The molecule has 148 valence electrons. The highest BCUT2D eigenvalue weighted by atomic mass is 35.5. The van der Waals surface area contributed by atoms with Crippen molar-refractivity contribution in [3.8, 4) is 0 Å². The lowest BCUT2D eigenvalue weighted by Crippen LogP contribution is -2.45. The minimum atomic E-state index is -0.691. The summed E-state index contributed by atoms with van der Waals surface area (Å²) in [5.41, 5.74) is 0.273. The molecule has 2 N–H and O–H groups in total. The van der Waals surface area contributed by atoms with Crippen LogP contribution >= 0.6 is 23.2 Å². The summed E-state index contributed by atoms with van der Waals surface area (Å²) in [4.78, 5) is 35.7. The fourth-order valence-corrected chi connectivity index (χ4v) is 3.42. The monoisotopic (exact) mass is 414 g/mol. The van der Waals surface area contributed by atoms with Crippen LogP contribution in [0.25, 0.3) is 0 Å². The normalized spacial score (nSPS) is 22.0. The molecule has 0 saturated heterocycles. The Hall–Kier alpha value is -1.79. The lowest BCUT2D eigenvalue weighted by molar-refractivity contribution is -0.147. The molecule has 1 fully saturated rings. The molecule has 1 saturated carbocycles. The van der Waals surface area contributed by atoms with Gasteiger partial charge >= 0.3 is 5.97 Å². The van der Waals surface area contributed by atoms with Crippen LogP contribution in [0.5, 0.6) is 0 Å². The Kier molecular flexibility index (Phi) is 7.92. The fraction of sp³-hybridized carbons (Fsp3) is 0.526. The van der Waals surface area contributed by atoms with Crippen LogP contribution in [0.3, 0.4) is 0 Å². The van der Waals surface area contributed by atoms with Crippen LogP contribution < -0.4 is 10.6 Å². The molecular weight excluding hydrogens is 391 g/mol. The smallest absolute Gasteiger partial charge is 0.325 e. The van der Waals surface area contributed by atoms with E-state index >= 15 is 0 Å². The molecule has 0 unspecified atom stereocenters. The number of hydrogen-bond acceptors (Lipinski definition) is 4. The molecule has 27 heavy (non-hydrogen) atoms. The second-order valence-corrected chi connectivity index (χ2v) is 7.73. The van der Waals surface area contributed by atoms with Crippen molar-refractivity contribution < 1.29 is 19.1 Å². The van der Waals surface area contributed by atoms with E-state index in [9.17, 15) is 14.4 Å². The largest absolute Gasteiger partial charge is 0.454 e. The molecule has 8 heteroatoms. The first-order valence-electron chi connectivity index (χ1n) is 8.96. The number of ether oxygens (including phenoxy) is 1. The molecule has 0 bridgehead atoms. The highest BCUT2D eigenvalue weighted by molar-refractivity contribution is 6.42. The number of halogens is 2. The zero-order valence-corrected chi connectivity index (χ0v) is 16.9. The molecule has 3 atom stereocenters. The van der Waals surface area contributed by atoms with Crippen molar-refractivity contribution in [2.75, 3.05) is 13.2 Å². The first kappa shape index (κ1) is 21.5. The van der Waals surface area contributed by atoms with Crippen molar-refractivity contribution in [1.82, 2.24) is 10.6 Å². The zero-order valence-electron chi connectivity index (χ0n) is 15.4. The molecular formula is C19H24Cl2N2O4. The maximum Gasteiger partial charge on any atom is 0.325 e. The standard InChI is InChI=1S/C19H24Cl2N2O4/c1-11-4-3-5-16(12(11)2)23-17(24)10-27-18(25)9-22-19(26)13-6-7-14(20)15(21)8-13/h6-8,11-12,16H,3-5,9-10H2,1-2H3,(H,22,26)(H,23,24)/t11-,12-,16-/m1/s1. The predicted molar refractivity (Wildman–Crippen MR) is 104 cm³/mol. The van der Waals surface area contributed by atoms with E-state index in [-0.39, 0.29) is 35.7 Å². The summed E-state index contributed by atoms with van der Waals surface area (Å²) in [6.45, 7) is 3.60. The number of rotatable bonds is 6. The van der Waals surface area contributed by atoms with Crippen molar-refractivity contribution in [2.45, 2.75) is 39.2 Å². The van der Waals surface area contributed by atoms with Gasteiger partial charge in [-0.15, -0.1) is 0 Å². The summed E-state index contributed by atoms with van der Waals surface area (Å²) in [5, 5.41) is 5.92. The molecule has 2 amide bonds. The summed E-state index contributed by atoms with van der Waals surface area (Å²) >= 11 is 11.7. The van der Waals surface area contributed by atoms with Gasteiger partial charge < -0.3 is 15.4 Å². The van der Waals surface area contributed by atoms with Crippen molar-refractivity contribution in [3.05, 3.63) is 33.8 Å². The number of esters is 1. The van der Waals surface area contributed by atoms with Gasteiger partial charge in [0.2, 0.25) is 0 Å². The third-order valence-electron chi connectivity index (χ3n) is 4.99. The lowest BCUT2D eigenvalue weighted by Gasteiger charge is -2.34. The first-order chi connectivity index (χ1) is 12.8. The molecule has 0 spiro atoms. The summed E-state index contributed by atoms with van der Waals surface area (Å²) in [5.74, 6) is -0.555. The number of hydrogen-bond donors (Lipinski definition) is 2. The van der Waals surface area contributed by atoms with Gasteiger partial charge in [0.25, 0.3) is 11.8 Å². The van der Waals surface area contributed by atoms with Crippen LogP contribution in [0.4, 0.5) is 0 Å². The summed E-state index contributed by atoms with van der Waals surface area (Å²) in [7, 11) is 0. The molecule has 1 aliphatic rings. The Balaban J connectivity index is 1.71. The number of amides is 2. The van der Waals surface area contributed by atoms with Gasteiger partial charge in [0, 0.05) is 11.6 Å². The summed E-state index contributed by atoms with van der Waals surface area (Å²) in [6.07, 6.45) is 3.18. The second-order valence-electron chi connectivity index (χ2n) is 6.91. The van der Waals surface area contributed by atoms with Crippen LogP contribution in [0.1, 0.15) is 43.5 Å². The third kappa shape index (κ3) is 6.40. The number of benzene rings is 1. The number of nitrogens with one attached hydrogen (secondary N) is 2. The fourth-order valence-electron chi connectivity index (χ4n) is 3.12. The molecule has 2 rings (SSSR count). The van der Waals surface area contributed by atoms with Crippen LogP contribution in [-0.2, 0) is 14.3 Å². The van der Waals surface area contributed by atoms with E-state index in [1.807, 2.05) is 0 Å². The maximum atomic E-state index is 12.0. The molecule has 6 nitrogen and oxygen atoms in total. The second kappa shape index (κ2) is 9.95. The topological polar surface area (TPSA) is 84.5 Å². The molecule has 1 aromatic carbocycles. The lowest BCUT2D eigenvalue weighted by atomic mass is 9.78. The maximum absolute atomic E-state index is 12.0. The molecule has 0 aromatic heterocycles. The Morgan fingerprint density at radius 2 is 1.89 bits per heavy atom. The quantitative estimate of drug-likeness (QED) is 0.699. The van der Waals surface area contributed by atoms with Crippen molar-refractivity contribution >= 4 is 41.0 Å². The highest BCUT2D eigenvalue weighted by Crippen LogP contribution is 2.29. The SMILES string of the molecule is C[C@@H]1[C@H](C)CCC[C@H]1NC(=O)COC(=O)CNC(=O)c1ccc(Cl)c(Cl)c1. The Labute approximate surface area is 168 Å². The predicted octanol–water partition coefficient (Wildman–Crippen LogP) is 3.21. The van der Waals surface area contributed by atoms with Crippen LogP contribution in [-0.4, -0.2) is 37.0 Å². The highest BCUT2D eigenvalue weighted by Gasteiger charge is 2.28. The van der Waals surface area contributed by atoms with Gasteiger partial charge in [-0.3, -0.25) is 14.4 Å². The van der Waals surface area contributed by atoms with E-state index in [0.717, 1.165) is 12.8 Å². The Bertz CT molecular complexity index is 711. The van der Waals surface area contributed by atoms with E-state index in [4.69, 9.17) is 27.9 Å². The van der Waals surface area contributed by atoms with Gasteiger partial charge in [0.15, 0.2) is 6.61 Å². The van der Waals surface area contributed by atoms with Crippen LogP contribution in [0.15, 0.2) is 18.2 Å². The van der Waals surface area contributed by atoms with Gasteiger partial charge in [-0.25, -0.2) is 0 Å². The molecule has 1 aromatic rings. The van der Waals surface area contributed by atoms with E-state index in [2.05, 4.69) is 24.5 Å². The molecule has 1 aliphatic carbocycles. The zero-order chi connectivity index (χ0) is 20.0. The Morgan fingerprint density at radius 1 is 1.15 bits per heavy atom. The Morgan fingerprint density at radius 3 is 2.59 bits per heavy atom. The van der Waals surface area contributed by atoms with Gasteiger partial charge in [0.1, 0.15) is 6.54 Å². The number of carbonyl (C=O) groups is 3. The molecule has 0 heterocycles. The van der Waals surface area contributed by atoms with Crippen molar-refractivity contribution in [1.29, 1.82) is 0 Å². The number of carbonyl (C=O) groups excluding carboxylic acids is 3. The molecule has 0 aliphatic heterocycles. The van der Waals surface area contributed by atoms with E-state index < -0.39 is 11.9 Å². The van der Waals surface area contributed by atoms with Crippen LogP contribution in [0.2, 0.25) is 10.0 Å². The van der Waals surface area contributed by atoms with Gasteiger partial charge in [-0.05, 0) is 36.5 Å². The summed E-state index contributed by atoms with van der Waals surface area (Å²) < 4.78 is 4.92. The van der Waals surface area contributed by atoms with Gasteiger partial charge in [0.05, 0.1) is 10.0 Å². The van der Waals surface area contributed by atoms with Gasteiger partial charge in [-0.1, -0.05) is 49.9 Å². The van der Waals surface area contributed by atoms with E-state index in [0.29, 0.717) is 16.9 Å². The van der Waals surface area contributed by atoms with Crippen LogP contribution in [0, 0.1) is 11.8 Å². The average Bonchev–Trinajstić information content (AvgIpc) is 2.64. The van der Waals surface area contributed by atoms with Crippen molar-refractivity contribution in [2.24, 2.45) is 11.8 Å². The minimum absolute atomic E-state index is 0.106. The minimum Gasteiger partial charge on any atom is -0.454 e. The van der Waals surface area contributed by atoms with Gasteiger partial charge in [-0.2, -0.15) is 0 Å². The average molecular weight is 415 g/mol. The van der Waals surface area contributed by atoms with E-state index in [1.165, 1.54) is 24.6 Å². The first-order valence-corrected chi connectivity index (χ1v) is 9.71. The molecule has 0 radical (unpaired) electrons. The summed E-state index contributed by atoms with van der Waals surface area (Å²) in [6, 6.07) is 4.50. The van der Waals surface area contributed by atoms with Crippen molar-refractivity contribution in [3.63, 3.8) is 0 Å². The van der Waals surface area contributed by atoms with E-state index in [1.54, 1.807) is 0 Å². The third-order valence-corrected chi connectivity index (χ3v) is 5.73.